The Balaban J connectivity index is 1.75. The molecule has 2 saturated heterocycles. The molecule has 0 saturated carbocycles. The summed E-state index contributed by atoms with van der Waals surface area (Å²) in [5, 5.41) is 6.94. The highest BCUT2D eigenvalue weighted by molar-refractivity contribution is 9.10. The van der Waals surface area contributed by atoms with Gasteiger partial charge in [0.05, 0.1) is 0 Å². The van der Waals surface area contributed by atoms with E-state index in [-0.39, 0.29) is 5.91 Å². The quantitative estimate of drug-likeness (QED) is 0.808. The number of rotatable bonds is 1. The van der Waals surface area contributed by atoms with Crippen LogP contribution < -0.4 is 5.32 Å². The van der Waals surface area contributed by atoms with Gasteiger partial charge in [-0.1, -0.05) is 5.16 Å². The van der Waals surface area contributed by atoms with Gasteiger partial charge in [0.1, 0.15) is 4.60 Å². The van der Waals surface area contributed by atoms with Crippen LogP contribution in [0.4, 0.5) is 0 Å². The number of carbonyl (C=O) groups is 1. The van der Waals surface area contributed by atoms with Gasteiger partial charge < -0.3 is 14.7 Å². The van der Waals surface area contributed by atoms with E-state index in [4.69, 9.17) is 4.52 Å². The summed E-state index contributed by atoms with van der Waals surface area (Å²) >= 11 is 3.16. The molecular formula is C9H10BrN3O2. The first kappa shape index (κ1) is 9.35. The molecule has 2 unspecified atom stereocenters. The van der Waals surface area contributed by atoms with E-state index < -0.39 is 0 Å². The third kappa shape index (κ3) is 1.48. The standard InChI is InChI=1S/C9H10BrN3O2/c10-8-1-7(15-12-8)9(14)13-3-5-2-11-6(5)4-13/h1,5-6,11H,2-4H2. The minimum Gasteiger partial charge on any atom is -0.350 e. The van der Waals surface area contributed by atoms with Crippen LogP contribution in [-0.2, 0) is 0 Å². The van der Waals surface area contributed by atoms with Crippen molar-refractivity contribution >= 4 is 21.8 Å². The second-order valence-electron chi connectivity index (χ2n) is 4.00. The van der Waals surface area contributed by atoms with Crippen molar-refractivity contribution in [2.24, 2.45) is 5.92 Å². The number of hydrogen-bond acceptors (Lipinski definition) is 4. The molecule has 15 heavy (non-hydrogen) atoms. The van der Waals surface area contributed by atoms with Crippen LogP contribution in [-0.4, -0.2) is 41.6 Å². The lowest BCUT2D eigenvalue weighted by molar-refractivity contribution is 0.0747. The molecule has 2 atom stereocenters. The molecule has 1 amide bonds. The monoisotopic (exact) mass is 271 g/mol. The van der Waals surface area contributed by atoms with E-state index in [1.54, 1.807) is 6.07 Å². The van der Waals surface area contributed by atoms with Crippen LogP contribution >= 0.6 is 15.9 Å². The van der Waals surface area contributed by atoms with Crippen LogP contribution in [0.25, 0.3) is 0 Å². The molecule has 0 spiro atoms. The second kappa shape index (κ2) is 3.31. The van der Waals surface area contributed by atoms with Gasteiger partial charge >= 0.3 is 0 Å². The molecule has 1 aromatic heterocycles. The van der Waals surface area contributed by atoms with E-state index >= 15 is 0 Å². The number of likely N-dealkylation sites (tertiary alicyclic amines) is 1. The number of aromatic nitrogens is 1. The Bertz CT molecular complexity index is 394. The third-order valence-corrected chi connectivity index (χ3v) is 3.44. The fourth-order valence-electron chi connectivity index (χ4n) is 2.13. The van der Waals surface area contributed by atoms with Crippen LogP contribution in [0, 0.1) is 5.92 Å². The largest absolute Gasteiger partial charge is 0.350 e. The van der Waals surface area contributed by atoms with E-state index in [9.17, 15) is 4.79 Å². The fraction of sp³-hybridized carbons (Fsp3) is 0.556. The zero-order chi connectivity index (χ0) is 10.4. The lowest BCUT2D eigenvalue weighted by Crippen LogP contribution is -2.51. The third-order valence-electron chi connectivity index (χ3n) is 3.06. The highest BCUT2D eigenvalue weighted by Gasteiger charge is 2.41. The topological polar surface area (TPSA) is 58.4 Å². The number of carbonyl (C=O) groups excluding carboxylic acids is 1. The maximum Gasteiger partial charge on any atom is 0.292 e. The van der Waals surface area contributed by atoms with Gasteiger partial charge in [-0.25, -0.2) is 0 Å². The summed E-state index contributed by atoms with van der Waals surface area (Å²) in [6.45, 7) is 2.63. The van der Waals surface area contributed by atoms with E-state index in [2.05, 4.69) is 26.4 Å². The summed E-state index contributed by atoms with van der Waals surface area (Å²) in [7, 11) is 0. The maximum atomic E-state index is 11.9. The number of nitrogens with one attached hydrogen (secondary N) is 1. The predicted octanol–water partition coefficient (Wildman–Crippen LogP) is 0.481. The van der Waals surface area contributed by atoms with Gasteiger partial charge in [-0.3, -0.25) is 4.79 Å². The van der Waals surface area contributed by atoms with E-state index in [1.807, 2.05) is 4.90 Å². The summed E-state index contributed by atoms with van der Waals surface area (Å²) in [6, 6.07) is 2.09. The van der Waals surface area contributed by atoms with Crippen molar-refractivity contribution in [2.45, 2.75) is 6.04 Å². The zero-order valence-corrected chi connectivity index (χ0v) is 9.53. The molecule has 0 aromatic carbocycles. The second-order valence-corrected chi connectivity index (χ2v) is 4.81. The summed E-state index contributed by atoms with van der Waals surface area (Å²) < 4.78 is 5.48. The van der Waals surface area contributed by atoms with Crippen molar-refractivity contribution in [2.75, 3.05) is 19.6 Å². The molecule has 3 rings (SSSR count). The van der Waals surface area contributed by atoms with Crippen LogP contribution in [0.15, 0.2) is 15.2 Å². The molecule has 0 aliphatic carbocycles. The Morgan fingerprint density at radius 1 is 1.67 bits per heavy atom. The first-order valence-electron chi connectivity index (χ1n) is 4.89. The Morgan fingerprint density at radius 3 is 3.00 bits per heavy atom. The Morgan fingerprint density at radius 2 is 2.53 bits per heavy atom. The molecule has 2 aliphatic heterocycles. The molecule has 2 aliphatic rings. The lowest BCUT2D eigenvalue weighted by Gasteiger charge is -2.29. The van der Waals surface area contributed by atoms with Crippen LogP contribution in [0.2, 0.25) is 0 Å². The van der Waals surface area contributed by atoms with Crippen molar-refractivity contribution in [3.8, 4) is 0 Å². The van der Waals surface area contributed by atoms with Crippen molar-refractivity contribution < 1.29 is 9.32 Å². The van der Waals surface area contributed by atoms with Crippen molar-refractivity contribution in [3.05, 3.63) is 16.4 Å². The SMILES string of the molecule is O=C(c1cc(Br)no1)N1CC2CNC2C1. The number of hydrogen-bond donors (Lipinski definition) is 1. The molecule has 0 radical (unpaired) electrons. The van der Waals surface area contributed by atoms with Gasteiger partial charge in [0.15, 0.2) is 0 Å². The molecule has 3 heterocycles. The fourth-order valence-corrected chi connectivity index (χ4v) is 2.41. The average Bonchev–Trinajstić information content (AvgIpc) is 2.72. The smallest absolute Gasteiger partial charge is 0.292 e. The molecule has 80 valence electrons. The average molecular weight is 272 g/mol. The molecule has 1 aromatic rings. The molecule has 6 heteroatoms. The number of amides is 1. The lowest BCUT2D eigenvalue weighted by atomic mass is 9.96. The van der Waals surface area contributed by atoms with E-state index in [0.717, 1.165) is 19.6 Å². The summed E-state index contributed by atoms with van der Waals surface area (Å²) in [5.41, 5.74) is 0. The first-order chi connectivity index (χ1) is 7.24. The van der Waals surface area contributed by atoms with Crippen LogP contribution in [0.3, 0.4) is 0 Å². The van der Waals surface area contributed by atoms with Crippen molar-refractivity contribution in [3.63, 3.8) is 0 Å². The summed E-state index contributed by atoms with van der Waals surface area (Å²) in [4.78, 5) is 13.7. The molecule has 5 nitrogen and oxygen atoms in total. The van der Waals surface area contributed by atoms with Gasteiger partial charge in [0.25, 0.3) is 5.91 Å². The van der Waals surface area contributed by atoms with Crippen LogP contribution in [0.5, 0.6) is 0 Å². The van der Waals surface area contributed by atoms with Gasteiger partial charge in [-0.05, 0) is 15.9 Å². The zero-order valence-electron chi connectivity index (χ0n) is 7.94. The molecule has 2 fully saturated rings. The van der Waals surface area contributed by atoms with Gasteiger partial charge in [0.2, 0.25) is 5.76 Å². The van der Waals surface area contributed by atoms with Gasteiger partial charge in [-0.15, -0.1) is 0 Å². The van der Waals surface area contributed by atoms with Gasteiger partial charge in [-0.2, -0.15) is 0 Å². The minimum absolute atomic E-state index is 0.0654. The molecular weight excluding hydrogens is 262 g/mol. The molecule has 0 bridgehead atoms. The Kier molecular flexibility index (Phi) is 2.07. The van der Waals surface area contributed by atoms with Crippen molar-refractivity contribution in [1.29, 1.82) is 0 Å². The predicted molar refractivity (Wildman–Crippen MR) is 55.4 cm³/mol. The first-order valence-corrected chi connectivity index (χ1v) is 5.68. The summed E-state index contributed by atoms with van der Waals surface area (Å²) in [5.74, 6) is 0.868. The Labute approximate surface area is 94.9 Å². The van der Waals surface area contributed by atoms with E-state index in [0.29, 0.717) is 22.3 Å². The molecule has 1 N–H and O–H groups in total. The number of halogens is 1. The number of nitrogens with zero attached hydrogens (tertiary/aromatic N) is 2. The normalized spacial score (nSPS) is 28.7. The van der Waals surface area contributed by atoms with Crippen LogP contribution in [0.1, 0.15) is 10.6 Å². The van der Waals surface area contributed by atoms with E-state index in [1.165, 1.54) is 0 Å². The summed E-state index contributed by atoms with van der Waals surface area (Å²) in [6.07, 6.45) is 0. The van der Waals surface area contributed by atoms with Crippen molar-refractivity contribution in [1.82, 2.24) is 15.4 Å². The highest BCUT2D eigenvalue weighted by atomic mass is 79.9. The number of fused-ring (bicyclic) bond motifs is 1. The highest BCUT2D eigenvalue weighted by Crippen LogP contribution is 2.25. The minimum atomic E-state index is -0.0654. The maximum absolute atomic E-state index is 11.9. The Hall–Kier alpha value is -0.880. The van der Waals surface area contributed by atoms with Gasteiger partial charge in [0, 0.05) is 37.7 Å².